The summed E-state index contributed by atoms with van der Waals surface area (Å²) in [5.74, 6) is 0.0361. The van der Waals surface area contributed by atoms with Crippen molar-refractivity contribution >= 4 is 29.2 Å². The lowest BCUT2D eigenvalue weighted by Gasteiger charge is -2.45. The molecule has 1 fully saturated rings. The van der Waals surface area contributed by atoms with Crippen LogP contribution in [0.15, 0.2) is 48.6 Å². The fraction of sp³-hybridized carbons (Fsp3) is 0.529. The quantitative estimate of drug-likeness (QED) is 0.359. The number of hydrogen-bond acceptors (Lipinski definition) is 6. The van der Waals surface area contributed by atoms with Gasteiger partial charge in [0.25, 0.3) is 0 Å². The molecular formula is C34H41ClN2O5. The Hall–Kier alpha value is -3.03. The Bertz CT molecular complexity index is 1380. The number of aryl methyl sites for hydroxylation is 1. The highest BCUT2D eigenvalue weighted by molar-refractivity contribution is 6.30. The van der Waals surface area contributed by atoms with Gasteiger partial charge in [-0.05, 0) is 91.3 Å². The summed E-state index contributed by atoms with van der Waals surface area (Å²) >= 11 is 6.41. The predicted octanol–water partition coefficient (Wildman–Crippen LogP) is 5.27. The summed E-state index contributed by atoms with van der Waals surface area (Å²) in [5.41, 5.74) is 4.06. The molecule has 5 atom stereocenters. The van der Waals surface area contributed by atoms with Crippen molar-refractivity contribution in [3.05, 3.63) is 70.3 Å². The first kappa shape index (κ1) is 29.1. The van der Waals surface area contributed by atoms with Crippen molar-refractivity contribution < 1.29 is 24.2 Å². The normalized spacial score (nSPS) is 30.3. The number of carbonyl (C=O) groups excluding carboxylic acids is 2. The number of benzene rings is 2. The van der Waals surface area contributed by atoms with E-state index >= 15 is 0 Å². The Balaban J connectivity index is 1.44. The number of hydrogen-bond donors (Lipinski definition) is 1. The number of anilines is 1. The van der Waals surface area contributed by atoms with Crippen LogP contribution in [0.3, 0.4) is 0 Å². The SMILES string of the molecule is COC(=O)[C@@H]1CC(=O)N(C)CC/C=C\[C@H](O)[C@@H]2CC[C@H]2CN2C[C@@]3(CCCc4cc(Cl)ccc43)COc3ccc1cc32. The van der Waals surface area contributed by atoms with Gasteiger partial charge >= 0.3 is 5.97 Å². The highest BCUT2D eigenvalue weighted by atomic mass is 35.5. The number of rotatable bonds is 1. The van der Waals surface area contributed by atoms with Crippen LogP contribution in [0.4, 0.5) is 5.69 Å². The number of methoxy groups -OCH3 is 1. The second kappa shape index (κ2) is 11.9. The Morgan fingerprint density at radius 1 is 1.19 bits per heavy atom. The molecule has 7 nitrogen and oxygen atoms in total. The maximum atomic E-state index is 13.2. The lowest BCUT2D eigenvalue weighted by Crippen LogP contribution is -2.49. The van der Waals surface area contributed by atoms with Gasteiger partial charge in [-0.2, -0.15) is 0 Å². The third-order valence-corrected chi connectivity index (χ3v) is 10.3. The number of aliphatic hydroxyl groups is 1. The molecule has 2 aromatic rings. The summed E-state index contributed by atoms with van der Waals surface area (Å²) in [6, 6.07) is 12.1. The first-order valence-electron chi connectivity index (χ1n) is 15.2. The zero-order chi connectivity index (χ0) is 29.4. The zero-order valence-corrected chi connectivity index (χ0v) is 25.3. The summed E-state index contributed by atoms with van der Waals surface area (Å²) in [5, 5.41) is 11.9. The number of ether oxygens (including phenoxy) is 2. The molecule has 2 aliphatic heterocycles. The van der Waals surface area contributed by atoms with Gasteiger partial charge in [0.15, 0.2) is 0 Å². The molecule has 1 N–H and O–H groups in total. The van der Waals surface area contributed by atoms with E-state index in [1.165, 1.54) is 18.2 Å². The Morgan fingerprint density at radius 2 is 2.05 bits per heavy atom. The fourth-order valence-electron chi connectivity index (χ4n) is 7.48. The van der Waals surface area contributed by atoms with Gasteiger partial charge in [-0.15, -0.1) is 0 Å². The Kier molecular flexibility index (Phi) is 8.25. The van der Waals surface area contributed by atoms with Crippen molar-refractivity contribution in [2.24, 2.45) is 11.8 Å². The summed E-state index contributed by atoms with van der Waals surface area (Å²) in [6.45, 7) is 2.61. The number of esters is 1. The lowest BCUT2D eigenvalue weighted by atomic mass is 9.68. The molecule has 2 aliphatic carbocycles. The summed E-state index contributed by atoms with van der Waals surface area (Å²) in [6.07, 6.45) is 9.15. The highest BCUT2D eigenvalue weighted by Crippen LogP contribution is 2.47. The standard InChI is InChI=1S/C34H41ClN2O5/c1-36-15-4-3-7-30(38)26-11-8-24(26)19-37-20-34(14-5-6-23-16-25(35)10-12-28(23)34)21-42-31-13-9-22(17-29(31)37)27(18-32(36)39)33(40)41-2/h3,7,9-10,12-13,16-17,24,26-27,30,38H,4-6,8,11,14-15,18-21H2,1-2H3/b7-3-/t24-,26+,27+,30-,34-/m0/s1. The van der Waals surface area contributed by atoms with E-state index in [4.69, 9.17) is 21.1 Å². The van der Waals surface area contributed by atoms with Crippen molar-refractivity contribution in [3.63, 3.8) is 0 Å². The Morgan fingerprint density at radius 3 is 2.83 bits per heavy atom. The van der Waals surface area contributed by atoms with Crippen LogP contribution in [-0.2, 0) is 26.2 Å². The van der Waals surface area contributed by atoms with Gasteiger partial charge in [0, 0.05) is 43.5 Å². The van der Waals surface area contributed by atoms with E-state index in [0.29, 0.717) is 25.5 Å². The van der Waals surface area contributed by atoms with E-state index < -0.39 is 18.0 Å². The molecule has 2 aromatic carbocycles. The van der Waals surface area contributed by atoms with Crippen molar-refractivity contribution in [2.75, 3.05) is 45.3 Å². The number of halogens is 1. The van der Waals surface area contributed by atoms with Gasteiger partial charge in [-0.1, -0.05) is 35.9 Å². The van der Waals surface area contributed by atoms with Crippen molar-refractivity contribution in [1.82, 2.24) is 4.90 Å². The third kappa shape index (κ3) is 5.53. The molecular weight excluding hydrogens is 552 g/mol. The number of nitrogens with zero attached hydrogens (tertiary/aromatic N) is 2. The molecule has 0 aromatic heterocycles. The molecule has 1 saturated carbocycles. The van der Waals surface area contributed by atoms with E-state index in [-0.39, 0.29) is 23.7 Å². The predicted molar refractivity (Wildman–Crippen MR) is 163 cm³/mol. The van der Waals surface area contributed by atoms with Gasteiger partial charge < -0.3 is 24.4 Å². The maximum absolute atomic E-state index is 13.2. The van der Waals surface area contributed by atoms with Gasteiger partial charge in [0.1, 0.15) is 5.75 Å². The van der Waals surface area contributed by atoms with Crippen LogP contribution >= 0.6 is 11.6 Å². The third-order valence-electron chi connectivity index (χ3n) is 10.1. The zero-order valence-electron chi connectivity index (χ0n) is 24.6. The minimum absolute atomic E-state index is 0.0257. The van der Waals surface area contributed by atoms with Gasteiger partial charge in [0.2, 0.25) is 5.91 Å². The minimum atomic E-state index is -0.714. The van der Waals surface area contributed by atoms with Crippen LogP contribution in [0.25, 0.3) is 0 Å². The van der Waals surface area contributed by atoms with E-state index in [1.807, 2.05) is 36.4 Å². The molecule has 1 amide bonds. The van der Waals surface area contributed by atoms with Crippen LogP contribution in [0.5, 0.6) is 5.75 Å². The topological polar surface area (TPSA) is 79.3 Å². The van der Waals surface area contributed by atoms with Crippen LogP contribution in [0, 0.1) is 11.8 Å². The second-order valence-electron chi connectivity index (χ2n) is 12.6. The first-order valence-corrected chi connectivity index (χ1v) is 15.6. The minimum Gasteiger partial charge on any atom is -0.490 e. The van der Waals surface area contributed by atoms with E-state index in [0.717, 1.165) is 67.2 Å². The maximum Gasteiger partial charge on any atom is 0.313 e. The van der Waals surface area contributed by atoms with Gasteiger partial charge in [-0.25, -0.2) is 0 Å². The lowest BCUT2D eigenvalue weighted by molar-refractivity contribution is -0.145. The van der Waals surface area contributed by atoms with Crippen molar-refractivity contribution in [1.29, 1.82) is 0 Å². The van der Waals surface area contributed by atoms with Crippen LogP contribution in [0.1, 0.15) is 61.1 Å². The second-order valence-corrected chi connectivity index (χ2v) is 13.1. The molecule has 6 rings (SSSR count). The Labute approximate surface area is 253 Å². The fourth-order valence-corrected chi connectivity index (χ4v) is 7.68. The van der Waals surface area contributed by atoms with Crippen LogP contribution < -0.4 is 9.64 Å². The molecule has 0 radical (unpaired) electrons. The molecule has 0 unspecified atom stereocenters. The summed E-state index contributed by atoms with van der Waals surface area (Å²) < 4.78 is 11.8. The summed E-state index contributed by atoms with van der Waals surface area (Å²) in [7, 11) is 3.13. The largest absolute Gasteiger partial charge is 0.490 e. The monoisotopic (exact) mass is 592 g/mol. The van der Waals surface area contributed by atoms with Crippen LogP contribution in [0.2, 0.25) is 5.02 Å². The van der Waals surface area contributed by atoms with Gasteiger partial charge in [-0.3, -0.25) is 9.59 Å². The first-order chi connectivity index (χ1) is 20.3. The molecule has 0 saturated heterocycles. The highest BCUT2D eigenvalue weighted by Gasteiger charge is 2.44. The number of fused-ring (bicyclic) bond motifs is 4. The van der Waals surface area contributed by atoms with Crippen LogP contribution in [-0.4, -0.2) is 68.4 Å². The molecule has 4 aliphatic rings. The average Bonchev–Trinajstić information content (AvgIpc) is 3.12. The molecule has 2 bridgehead atoms. The average molecular weight is 593 g/mol. The number of aliphatic hydroxyl groups excluding tert-OH is 1. The number of carbonyl (C=O) groups is 2. The van der Waals surface area contributed by atoms with Crippen molar-refractivity contribution in [3.8, 4) is 5.75 Å². The molecule has 2 heterocycles. The van der Waals surface area contributed by atoms with E-state index in [1.54, 1.807) is 11.9 Å². The van der Waals surface area contributed by atoms with Gasteiger partial charge in [0.05, 0.1) is 31.4 Å². The van der Waals surface area contributed by atoms with E-state index in [9.17, 15) is 14.7 Å². The molecule has 224 valence electrons. The smallest absolute Gasteiger partial charge is 0.313 e. The molecule has 1 spiro atoms. The van der Waals surface area contributed by atoms with E-state index in [2.05, 4.69) is 17.0 Å². The summed E-state index contributed by atoms with van der Waals surface area (Å²) in [4.78, 5) is 30.3. The number of amides is 1. The molecule has 42 heavy (non-hydrogen) atoms. The van der Waals surface area contributed by atoms with Crippen molar-refractivity contribution in [2.45, 2.75) is 62.4 Å². The molecule has 8 heteroatoms.